The summed E-state index contributed by atoms with van der Waals surface area (Å²) in [6.45, 7) is 12.6. The first kappa shape index (κ1) is 10.4. The van der Waals surface area contributed by atoms with Crippen LogP contribution in [0.15, 0.2) is 18.0 Å². The minimum atomic E-state index is 0.538. The topological polar surface area (TPSA) is 15.3 Å². The summed E-state index contributed by atoms with van der Waals surface area (Å²) in [4.78, 5) is 2.40. The monoisotopic (exact) mass is 180 g/mol. The van der Waals surface area contributed by atoms with Gasteiger partial charge >= 0.3 is 0 Å². The molecular formula is C11H20N2. The van der Waals surface area contributed by atoms with Gasteiger partial charge in [0.2, 0.25) is 0 Å². The van der Waals surface area contributed by atoms with Crippen LogP contribution in [0.3, 0.4) is 0 Å². The van der Waals surface area contributed by atoms with Crippen LogP contribution in [0.1, 0.15) is 20.3 Å². The summed E-state index contributed by atoms with van der Waals surface area (Å²) in [5.74, 6) is 0.538. The van der Waals surface area contributed by atoms with Gasteiger partial charge < -0.3 is 10.2 Å². The molecule has 1 fully saturated rings. The highest BCUT2D eigenvalue weighted by atomic mass is 15.2. The zero-order valence-corrected chi connectivity index (χ0v) is 8.77. The van der Waals surface area contributed by atoms with Crippen LogP contribution < -0.4 is 5.32 Å². The molecule has 1 N–H and O–H groups in total. The van der Waals surface area contributed by atoms with E-state index < -0.39 is 0 Å². The Bertz CT molecular complexity index is 194. The summed E-state index contributed by atoms with van der Waals surface area (Å²) in [6.07, 6.45) is 1.22. The van der Waals surface area contributed by atoms with E-state index in [-0.39, 0.29) is 0 Å². The van der Waals surface area contributed by atoms with Crippen molar-refractivity contribution in [2.75, 3.05) is 26.2 Å². The van der Waals surface area contributed by atoms with Crippen molar-refractivity contribution in [3.8, 4) is 0 Å². The first-order chi connectivity index (χ1) is 6.25. The highest BCUT2D eigenvalue weighted by molar-refractivity contribution is 5.02. The maximum atomic E-state index is 3.76. The molecule has 0 amide bonds. The molecule has 1 saturated heterocycles. The van der Waals surface area contributed by atoms with Gasteiger partial charge in [-0.25, -0.2) is 0 Å². The third kappa shape index (κ3) is 2.91. The van der Waals surface area contributed by atoms with E-state index in [2.05, 4.69) is 36.4 Å². The summed E-state index contributed by atoms with van der Waals surface area (Å²) in [6, 6.07) is 0. The smallest absolute Gasteiger partial charge is 0.0584 e. The summed E-state index contributed by atoms with van der Waals surface area (Å²) in [7, 11) is 0. The van der Waals surface area contributed by atoms with Gasteiger partial charge in [-0.2, -0.15) is 0 Å². The van der Waals surface area contributed by atoms with Crippen molar-refractivity contribution < 1.29 is 0 Å². The number of nitrogens with one attached hydrogen (secondary N) is 1. The number of nitrogens with zero attached hydrogens (tertiary/aromatic N) is 1. The van der Waals surface area contributed by atoms with Gasteiger partial charge in [-0.3, -0.25) is 0 Å². The van der Waals surface area contributed by atoms with Crippen molar-refractivity contribution in [1.82, 2.24) is 10.2 Å². The lowest BCUT2D eigenvalue weighted by Crippen LogP contribution is -2.29. The van der Waals surface area contributed by atoms with Gasteiger partial charge in [0, 0.05) is 25.6 Å². The largest absolute Gasteiger partial charge is 0.367 e. The average molecular weight is 180 g/mol. The standard InChI is InChI=1S/C11H20N2/c1-4-11(10(2)3)13-8-5-6-12-7-9-13/h10,12H,1,5-9H2,2-3H3. The van der Waals surface area contributed by atoms with E-state index >= 15 is 0 Å². The second-order valence-electron chi connectivity index (χ2n) is 3.81. The summed E-state index contributed by atoms with van der Waals surface area (Å²) in [5.41, 5.74) is 4.33. The van der Waals surface area contributed by atoms with Gasteiger partial charge in [0.1, 0.15) is 0 Å². The molecule has 0 atom stereocenters. The molecule has 0 bridgehead atoms. The maximum Gasteiger partial charge on any atom is 0.0584 e. The van der Waals surface area contributed by atoms with Crippen LogP contribution in [0.25, 0.3) is 0 Å². The third-order valence-corrected chi connectivity index (χ3v) is 2.41. The SMILES string of the molecule is C=C=C(C(C)C)N1CCCNCC1. The quantitative estimate of drug-likeness (QED) is 0.649. The first-order valence-corrected chi connectivity index (χ1v) is 5.11. The zero-order valence-electron chi connectivity index (χ0n) is 8.77. The van der Waals surface area contributed by atoms with E-state index in [9.17, 15) is 0 Å². The third-order valence-electron chi connectivity index (χ3n) is 2.41. The molecule has 0 unspecified atom stereocenters. The van der Waals surface area contributed by atoms with Crippen molar-refractivity contribution >= 4 is 0 Å². The van der Waals surface area contributed by atoms with E-state index in [0.29, 0.717) is 5.92 Å². The fourth-order valence-electron chi connectivity index (χ4n) is 1.77. The van der Waals surface area contributed by atoms with Crippen molar-refractivity contribution in [1.29, 1.82) is 0 Å². The Morgan fingerprint density at radius 1 is 1.38 bits per heavy atom. The van der Waals surface area contributed by atoms with Gasteiger partial charge in [0.25, 0.3) is 0 Å². The Balaban J connectivity index is 2.61. The highest BCUT2D eigenvalue weighted by Gasteiger charge is 2.13. The van der Waals surface area contributed by atoms with Crippen molar-refractivity contribution in [3.63, 3.8) is 0 Å². The molecule has 0 aromatic heterocycles. The molecule has 2 heteroatoms. The molecule has 0 radical (unpaired) electrons. The molecule has 1 heterocycles. The molecule has 2 nitrogen and oxygen atoms in total. The number of hydrogen-bond acceptors (Lipinski definition) is 2. The van der Waals surface area contributed by atoms with Crippen LogP contribution in [0.2, 0.25) is 0 Å². The molecule has 1 rings (SSSR count). The Kier molecular flexibility index (Phi) is 4.07. The highest BCUT2D eigenvalue weighted by Crippen LogP contribution is 2.14. The van der Waals surface area contributed by atoms with Crippen molar-refractivity contribution in [3.05, 3.63) is 18.0 Å². The Labute approximate surface area is 81.3 Å². The van der Waals surface area contributed by atoms with Crippen LogP contribution in [0.4, 0.5) is 0 Å². The summed E-state index contributed by atoms with van der Waals surface area (Å²) >= 11 is 0. The predicted molar refractivity (Wildman–Crippen MR) is 56.6 cm³/mol. The van der Waals surface area contributed by atoms with Crippen molar-refractivity contribution in [2.45, 2.75) is 20.3 Å². The lowest BCUT2D eigenvalue weighted by atomic mass is 10.1. The average Bonchev–Trinajstić information content (AvgIpc) is 2.33. The molecule has 0 aliphatic carbocycles. The fraction of sp³-hybridized carbons (Fsp3) is 0.727. The van der Waals surface area contributed by atoms with E-state index in [1.807, 2.05) is 0 Å². The molecule has 0 saturated carbocycles. The Hall–Kier alpha value is -0.720. The van der Waals surface area contributed by atoms with Gasteiger partial charge in [-0.1, -0.05) is 20.4 Å². The molecule has 74 valence electrons. The molecule has 0 aromatic carbocycles. The molecule has 1 aliphatic rings. The van der Waals surface area contributed by atoms with Gasteiger partial charge in [-0.15, -0.1) is 5.73 Å². The molecule has 0 aromatic rings. The van der Waals surface area contributed by atoms with Crippen molar-refractivity contribution in [2.24, 2.45) is 5.92 Å². The van der Waals surface area contributed by atoms with Crippen LogP contribution >= 0.6 is 0 Å². The first-order valence-electron chi connectivity index (χ1n) is 5.11. The van der Waals surface area contributed by atoms with Crippen LogP contribution in [-0.2, 0) is 0 Å². The van der Waals surface area contributed by atoms with E-state index in [1.165, 1.54) is 12.1 Å². The Morgan fingerprint density at radius 3 is 2.77 bits per heavy atom. The van der Waals surface area contributed by atoms with E-state index in [0.717, 1.165) is 26.2 Å². The van der Waals surface area contributed by atoms with Gasteiger partial charge in [0.15, 0.2) is 0 Å². The fourth-order valence-corrected chi connectivity index (χ4v) is 1.77. The maximum absolute atomic E-state index is 3.76. The lowest BCUT2D eigenvalue weighted by molar-refractivity contribution is 0.333. The zero-order chi connectivity index (χ0) is 9.68. The number of hydrogen-bond donors (Lipinski definition) is 1. The van der Waals surface area contributed by atoms with Gasteiger partial charge in [0.05, 0.1) is 5.70 Å². The second kappa shape index (κ2) is 5.11. The minimum Gasteiger partial charge on any atom is -0.367 e. The lowest BCUT2D eigenvalue weighted by Gasteiger charge is -2.26. The molecule has 0 spiro atoms. The minimum absolute atomic E-state index is 0.538. The van der Waals surface area contributed by atoms with Crippen LogP contribution in [0.5, 0.6) is 0 Å². The molecule has 1 aliphatic heterocycles. The normalized spacial score (nSPS) is 18.2. The molecular weight excluding hydrogens is 160 g/mol. The van der Waals surface area contributed by atoms with Gasteiger partial charge in [-0.05, 0) is 13.0 Å². The summed E-state index contributed by atoms with van der Waals surface area (Å²) in [5, 5.41) is 3.39. The number of rotatable bonds is 2. The predicted octanol–water partition coefficient (Wildman–Crippen LogP) is 1.61. The van der Waals surface area contributed by atoms with Crippen LogP contribution in [-0.4, -0.2) is 31.1 Å². The van der Waals surface area contributed by atoms with E-state index in [1.54, 1.807) is 0 Å². The van der Waals surface area contributed by atoms with Crippen LogP contribution in [0, 0.1) is 5.92 Å². The Morgan fingerprint density at radius 2 is 2.15 bits per heavy atom. The van der Waals surface area contributed by atoms with E-state index in [4.69, 9.17) is 0 Å². The molecule has 13 heavy (non-hydrogen) atoms. The number of allylic oxidation sites excluding steroid dienone is 1. The summed E-state index contributed by atoms with van der Waals surface area (Å²) < 4.78 is 0. The second-order valence-corrected chi connectivity index (χ2v) is 3.81.